The van der Waals surface area contributed by atoms with Crippen LogP contribution in [0.25, 0.3) is 5.57 Å². The van der Waals surface area contributed by atoms with Crippen LogP contribution in [0.15, 0.2) is 43.0 Å². The fraction of sp³-hybridized carbons (Fsp3) is 0.286. The lowest BCUT2D eigenvalue weighted by Gasteiger charge is -2.08. The molecule has 0 saturated carbocycles. The summed E-state index contributed by atoms with van der Waals surface area (Å²) in [5, 5.41) is 0. The van der Waals surface area contributed by atoms with Crippen LogP contribution in [-0.4, -0.2) is 0 Å². The molecule has 0 nitrogen and oxygen atoms in total. The average molecular weight is 186 g/mol. The molecule has 0 fully saturated rings. The van der Waals surface area contributed by atoms with Gasteiger partial charge in [0.1, 0.15) is 0 Å². The monoisotopic (exact) mass is 186 g/mol. The van der Waals surface area contributed by atoms with Gasteiger partial charge in [0.15, 0.2) is 0 Å². The molecule has 0 radical (unpaired) electrons. The smallest absolute Gasteiger partial charge is 0.0195 e. The van der Waals surface area contributed by atoms with E-state index in [1.54, 1.807) is 0 Å². The lowest BCUT2D eigenvalue weighted by Crippen LogP contribution is -1.88. The van der Waals surface area contributed by atoms with Crippen LogP contribution >= 0.6 is 0 Å². The molecule has 1 rings (SSSR count). The molecule has 0 spiro atoms. The van der Waals surface area contributed by atoms with E-state index in [4.69, 9.17) is 0 Å². The van der Waals surface area contributed by atoms with Crippen molar-refractivity contribution in [3.63, 3.8) is 0 Å². The van der Waals surface area contributed by atoms with Gasteiger partial charge in [0.2, 0.25) is 0 Å². The molecule has 0 aliphatic carbocycles. The van der Waals surface area contributed by atoms with Crippen LogP contribution in [0.1, 0.15) is 30.9 Å². The minimum Gasteiger partial charge on any atom is -0.0991 e. The number of rotatable bonds is 4. The zero-order valence-corrected chi connectivity index (χ0v) is 9.09. The maximum atomic E-state index is 3.76. The first-order chi connectivity index (χ1) is 6.79. The zero-order chi connectivity index (χ0) is 10.4. The summed E-state index contributed by atoms with van der Waals surface area (Å²) in [6.07, 6.45) is 6.29. The maximum absolute atomic E-state index is 3.76. The molecular formula is C14H18. The Kier molecular flexibility index (Phi) is 4.18. The largest absolute Gasteiger partial charge is 0.0991 e. The highest BCUT2D eigenvalue weighted by molar-refractivity contribution is 5.69. The Bertz CT molecular complexity index is 332. The van der Waals surface area contributed by atoms with E-state index in [9.17, 15) is 0 Å². The van der Waals surface area contributed by atoms with E-state index >= 15 is 0 Å². The molecule has 0 N–H and O–H groups in total. The lowest BCUT2D eigenvalue weighted by molar-refractivity contribution is 0.972. The second kappa shape index (κ2) is 5.43. The Morgan fingerprint density at radius 1 is 1.36 bits per heavy atom. The molecule has 0 saturated heterocycles. The third-order valence-electron chi connectivity index (χ3n) is 2.33. The van der Waals surface area contributed by atoms with Gasteiger partial charge >= 0.3 is 0 Å². The molecule has 0 aliphatic rings. The van der Waals surface area contributed by atoms with E-state index in [0.29, 0.717) is 0 Å². The SMILES string of the molecule is C=C/C=C(/CCC)c1ccccc1C. The molecule has 0 amide bonds. The first-order valence-corrected chi connectivity index (χ1v) is 5.17. The first kappa shape index (κ1) is 10.8. The maximum Gasteiger partial charge on any atom is -0.0195 e. The summed E-state index contributed by atoms with van der Waals surface area (Å²) in [7, 11) is 0. The molecule has 0 atom stereocenters. The Balaban J connectivity index is 3.05. The molecule has 74 valence electrons. The zero-order valence-electron chi connectivity index (χ0n) is 9.09. The third kappa shape index (κ3) is 2.59. The predicted molar refractivity (Wildman–Crippen MR) is 64.3 cm³/mol. The van der Waals surface area contributed by atoms with Gasteiger partial charge in [0.05, 0.1) is 0 Å². The standard InChI is InChI=1S/C14H18/c1-4-8-13(9-5-2)14-11-7-6-10-12(14)3/h4,6-8,10-11H,1,5,9H2,2-3H3/b13-8-. The van der Waals surface area contributed by atoms with Crippen molar-refractivity contribution in [1.29, 1.82) is 0 Å². The number of benzene rings is 1. The number of allylic oxidation sites excluding steroid dienone is 3. The van der Waals surface area contributed by atoms with E-state index in [0.717, 1.165) is 6.42 Å². The minimum absolute atomic E-state index is 1.12. The van der Waals surface area contributed by atoms with Crippen molar-refractivity contribution in [3.05, 3.63) is 54.1 Å². The molecule has 1 aromatic carbocycles. The second-order valence-corrected chi connectivity index (χ2v) is 3.49. The van der Waals surface area contributed by atoms with Crippen LogP contribution in [0, 0.1) is 6.92 Å². The number of aryl methyl sites for hydroxylation is 1. The van der Waals surface area contributed by atoms with Crippen molar-refractivity contribution >= 4 is 5.57 Å². The Hall–Kier alpha value is -1.30. The predicted octanol–water partition coefficient (Wildman–Crippen LogP) is 4.36. The Labute approximate surface area is 87.0 Å². The summed E-state index contributed by atoms with van der Waals surface area (Å²) in [5.41, 5.74) is 4.09. The van der Waals surface area contributed by atoms with Crippen LogP contribution in [0.2, 0.25) is 0 Å². The van der Waals surface area contributed by atoms with E-state index < -0.39 is 0 Å². The minimum atomic E-state index is 1.12. The fourth-order valence-electron chi connectivity index (χ4n) is 1.65. The highest BCUT2D eigenvalue weighted by Crippen LogP contribution is 2.22. The van der Waals surface area contributed by atoms with Gasteiger partial charge in [-0.1, -0.05) is 56.3 Å². The summed E-state index contributed by atoms with van der Waals surface area (Å²) >= 11 is 0. The number of hydrogen-bond acceptors (Lipinski definition) is 0. The van der Waals surface area contributed by atoms with Crippen LogP contribution < -0.4 is 0 Å². The molecule has 0 bridgehead atoms. The van der Waals surface area contributed by atoms with Gasteiger partial charge in [0.25, 0.3) is 0 Å². The summed E-state index contributed by atoms with van der Waals surface area (Å²) in [6.45, 7) is 8.12. The van der Waals surface area contributed by atoms with E-state index in [2.05, 4.69) is 50.8 Å². The van der Waals surface area contributed by atoms with Gasteiger partial charge in [-0.15, -0.1) is 0 Å². The van der Waals surface area contributed by atoms with Gasteiger partial charge in [-0.25, -0.2) is 0 Å². The van der Waals surface area contributed by atoms with Crippen LogP contribution in [0.4, 0.5) is 0 Å². The molecular weight excluding hydrogens is 168 g/mol. The summed E-state index contributed by atoms with van der Waals surface area (Å²) in [6, 6.07) is 8.51. The van der Waals surface area contributed by atoms with Crippen molar-refractivity contribution < 1.29 is 0 Å². The Morgan fingerprint density at radius 2 is 2.07 bits per heavy atom. The molecule has 1 aromatic rings. The normalized spacial score (nSPS) is 11.4. The fourth-order valence-corrected chi connectivity index (χ4v) is 1.65. The molecule has 0 aromatic heterocycles. The van der Waals surface area contributed by atoms with Crippen molar-refractivity contribution in [1.82, 2.24) is 0 Å². The number of hydrogen-bond donors (Lipinski definition) is 0. The van der Waals surface area contributed by atoms with Crippen molar-refractivity contribution in [2.24, 2.45) is 0 Å². The van der Waals surface area contributed by atoms with E-state index in [1.165, 1.54) is 23.1 Å². The van der Waals surface area contributed by atoms with Crippen molar-refractivity contribution in [2.45, 2.75) is 26.7 Å². The van der Waals surface area contributed by atoms with Crippen molar-refractivity contribution in [2.75, 3.05) is 0 Å². The molecule has 14 heavy (non-hydrogen) atoms. The van der Waals surface area contributed by atoms with Gasteiger partial charge in [-0.2, -0.15) is 0 Å². The van der Waals surface area contributed by atoms with Crippen molar-refractivity contribution in [3.8, 4) is 0 Å². The lowest BCUT2D eigenvalue weighted by atomic mass is 9.97. The van der Waals surface area contributed by atoms with Crippen LogP contribution in [0.3, 0.4) is 0 Å². The Morgan fingerprint density at radius 3 is 2.64 bits per heavy atom. The van der Waals surface area contributed by atoms with E-state index in [-0.39, 0.29) is 0 Å². The summed E-state index contributed by atoms with van der Waals surface area (Å²) < 4.78 is 0. The van der Waals surface area contributed by atoms with Crippen LogP contribution in [0.5, 0.6) is 0 Å². The van der Waals surface area contributed by atoms with Crippen LogP contribution in [-0.2, 0) is 0 Å². The van der Waals surface area contributed by atoms with Gasteiger partial charge in [0, 0.05) is 0 Å². The molecule has 0 heterocycles. The topological polar surface area (TPSA) is 0 Å². The summed E-state index contributed by atoms with van der Waals surface area (Å²) in [4.78, 5) is 0. The second-order valence-electron chi connectivity index (χ2n) is 3.49. The molecule has 0 heteroatoms. The van der Waals surface area contributed by atoms with E-state index in [1.807, 2.05) is 6.08 Å². The quantitative estimate of drug-likeness (QED) is 0.613. The average Bonchev–Trinajstić information content (AvgIpc) is 2.18. The van der Waals surface area contributed by atoms with Gasteiger partial charge in [-0.05, 0) is 30.0 Å². The van der Waals surface area contributed by atoms with Gasteiger partial charge < -0.3 is 0 Å². The highest BCUT2D eigenvalue weighted by Gasteiger charge is 2.01. The first-order valence-electron chi connectivity index (χ1n) is 5.17. The third-order valence-corrected chi connectivity index (χ3v) is 2.33. The van der Waals surface area contributed by atoms with Gasteiger partial charge in [-0.3, -0.25) is 0 Å². The molecule has 0 aliphatic heterocycles. The molecule has 0 unspecified atom stereocenters. The summed E-state index contributed by atoms with van der Waals surface area (Å²) in [5.74, 6) is 0. The highest BCUT2D eigenvalue weighted by atomic mass is 14.1.